The van der Waals surface area contributed by atoms with E-state index in [0.717, 1.165) is 18.8 Å². The molecule has 0 N–H and O–H groups in total. The van der Waals surface area contributed by atoms with Crippen LogP contribution in [-0.4, -0.2) is 5.38 Å². The largest absolute Gasteiger partial charge is 0.123 e. The van der Waals surface area contributed by atoms with E-state index in [9.17, 15) is 0 Å². The van der Waals surface area contributed by atoms with Crippen LogP contribution < -0.4 is 0 Å². The van der Waals surface area contributed by atoms with Crippen molar-refractivity contribution >= 4 is 11.6 Å². The van der Waals surface area contributed by atoms with Gasteiger partial charge in [0.05, 0.1) is 0 Å². The predicted octanol–water partition coefficient (Wildman–Crippen LogP) is 4.19. The maximum absolute atomic E-state index is 6.07. The summed E-state index contributed by atoms with van der Waals surface area (Å²) in [5.41, 5.74) is 1.38. The molecule has 0 saturated heterocycles. The van der Waals surface area contributed by atoms with Gasteiger partial charge in [-0.15, -0.1) is 11.6 Å². The highest BCUT2D eigenvalue weighted by atomic mass is 35.5. The first-order valence-electron chi connectivity index (χ1n) is 5.69. The molecule has 1 fully saturated rings. The summed E-state index contributed by atoms with van der Waals surface area (Å²) in [6.45, 7) is 0. The number of rotatable bonds is 3. The maximum atomic E-state index is 6.07. The van der Waals surface area contributed by atoms with E-state index in [4.69, 9.17) is 11.6 Å². The number of alkyl halides is 1. The molecular weight excluding hydrogens is 204 g/mol. The Hall–Kier alpha value is -0.750. The van der Waals surface area contributed by atoms with Crippen molar-refractivity contribution in [1.82, 2.24) is 0 Å². The zero-order valence-corrected chi connectivity index (χ0v) is 9.66. The Kier molecular flexibility index (Phi) is 3.85. The van der Waals surface area contributed by atoms with E-state index in [1.807, 2.05) is 0 Å². The van der Waals surface area contributed by atoms with Crippen LogP contribution in [0.2, 0.25) is 0 Å². The van der Waals surface area contributed by atoms with Gasteiger partial charge in [0.15, 0.2) is 0 Å². The number of hydrogen-bond acceptors (Lipinski definition) is 0. The van der Waals surface area contributed by atoms with Gasteiger partial charge in [-0.2, -0.15) is 0 Å². The third-order valence-electron chi connectivity index (χ3n) is 3.01. The van der Waals surface area contributed by atoms with Crippen LogP contribution in [0.5, 0.6) is 0 Å². The number of hydrogen-bond donors (Lipinski definition) is 0. The van der Waals surface area contributed by atoms with Crippen LogP contribution in [0.15, 0.2) is 42.5 Å². The minimum atomic E-state index is 0.413. The molecule has 2 atom stereocenters. The highest BCUT2D eigenvalue weighted by molar-refractivity contribution is 6.20. The van der Waals surface area contributed by atoms with Gasteiger partial charge in [0.2, 0.25) is 0 Å². The van der Waals surface area contributed by atoms with Crippen LogP contribution in [0.1, 0.15) is 24.8 Å². The molecule has 1 aliphatic rings. The molecule has 1 aliphatic carbocycles. The van der Waals surface area contributed by atoms with E-state index in [1.165, 1.54) is 18.4 Å². The van der Waals surface area contributed by atoms with Crippen molar-refractivity contribution in [2.75, 3.05) is 0 Å². The van der Waals surface area contributed by atoms with Crippen LogP contribution in [0.4, 0.5) is 0 Å². The summed E-state index contributed by atoms with van der Waals surface area (Å²) >= 11 is 6.07. The predicted molar refractivity (Wildman–Crippen MR) is 66.3 cm³/mol. The Balaban J connectivity index is 1.81. The fourth-order valence-corrected chi connectivity index (χ4v) is 2.50. The van der Waals surface area contributed by atoms with Gasteiger partial charge in [0, 0.05) is 5.38 Å². The number of halogens is 1. The molecule has 0 spiro atoms. The summed E-state index contributed by atoms with van der Waals surface area (Å²) < 4.78 is 0. The monoisotopic (exact) mass is 220 g/mol. The average molecular weight is 221 g/mol. The molecule has 2 unspecified atom stereocenters. The molecular formula is C14H17Cl. The Labute approximate surface area is 97.0 Å². The van der Waals surface area contributed by atoms with Crippen LogP contribution in [0.25, 0.3) is 0 Å². The van der Waals surface area contributed by atoms with Gasteiger partial charge in [0.1, 0.15) is 0 Å². The summed E-state index contributed by atoms with van der Waals surface area (Å²) in [5, 5.41) is 0.413. The van der Waals surface area contributed by atoms with Crippen LogP contribution in [-0.2, 0) is 6.42 Å². The van der Waals surface area contributed by atoms with Crippen molar-refractivity contribution in [3.63, 3.8) is 0 Å². The number of benzene rings is 1. The molecule has 1 aromatic carbocycles. The lowest BCUT2D eigenvalue weighted by atomic mass is 10.1. The zero-order chi connectivity index (χ0) is 10.5. The lowest BCUT2D eigenvalue weighted by molar-refractivity contribution is 0.684. The average Bonchev–Trinajstić information content (AvgIpc) is 2.66. The smallest absolute Gasteiger partial charge is 0.0341 e. The Morgan fingerprint density at radius 2 is 2.00 bits per heavy atom. The van der Waals surface area contributed by atoms with Gasteiger partial charge < -0.3 is 0 Å². The van der Waals surface area contributed by atoms with E-state index >= 15 is 0 Å². The Morgan fingerprint density at radius 1 is 1.20 bits per heavy atom. The first kappa shape index (κ1) is 10.8. The van der Waals surface area contributed by atoms with E-state index in [1.54, 1.807) is 0 Å². The van der Waals surface area contributed by atoms with Gasteiger partial charge in [-0.05, 0) is 37.2 Å². The second kappa shape index (κ2) is 5.37. The van der Waals surface area contributed by atoms with E-state index in [-0.39, 0.29) is 0 Å². The van der Waals surface area contributed by atoms with Crippen molar-refractivity contribution < 1.29 is 0 Å². The minimum absolute atomic E-state index is 0.413. The quantitative estimate of drug-likeness (QED) is 0.529. The van der Waals surface area contributed by atoms with Crippen LogP contribution in [0, 0.1) is 5.92 Å². The zero-order valence-electron chi connectivity index (χ0n) is 8.90. The number of allylic oxidation sites excluding steroid dienone is 2. The molecule has 0 aliphatic heterocycles. The highest BCUT2D eigenvalue weighted by Gasteiger charge is 2.19. The second-order valence-corrected chi connectivity index (χ2v) is 4.91. The summed E-state index contributed by atoms with van der Waals surface area (Å²) in [6, 6.07) is 10.6. The third kappa shape index (κ3) is 3.39. The standard InChI is InChI=1S/C14H17Cl/c15-14-10-9-13(11-14)8-4-7-12-5-2-1-3-6-12/h1-6,8,13-14H,7,9-11H2. The summed E-state index contributed by atoms with van der Waals surface area (Å²) in [5.74, 6) is 0.719. The molecule has 0 aromatic heterocycles. The van der Waals surface area contributed by atoms with Crippen molar-refractivity contribution in [3.8, 4) is 0 Å². The molecule has 2 rings (SSSR count). The van der Waals surface area contributed by atoms with Gasteiger partial charge >= 0.3 is 0 Å². The molecule has 1 saturated carbocycles. The molecule has 15 heavy (non-hydrogen) atoms. The van der Waals surface area contributed by atoms with Crippen molar-refractivity contribution in [2.24, 2.45) is 5.92 Å². The van der Waals surface area contributed by atoms with Gasteiger partial charge in [-0.25, -0.2) is 0 Å². The van der Waals surface area contributed by atoms with Crippen molar-refractivity contribution in [3.05, 3.63) is 48.0 Å². The van der Waals surface area contributed by atoms with E-state index in [2.05, 4.69) is 42.5 Å². The maximum Gasteiger partial charge on any atom is 0.0341 e. The fraction of sp³-hybridized carbons (Fsp3) is 0.429. The van der Waals surface area contributed by atoms with Crippen LogP contribution in [0.3, 0.4) is 0 Å². The lowest BCUT2D eigenvalue weighted by Crippen LogP contribution is -1.91. The van der Waals surface area contributed by atoms with Gasteiger partial charge in [-0.3, -0.25) is 0 Å². The SMILES string of the molecule is ClC1CCC(C=CCc2ccccc2)C1. The minimum Gasteiger partial charge on any atom is -0.123 e. The molecule has 80 valence electrons. The van der Waals surface area contributed by atoms with Gasteiger partial charge in [0.25, 0.3) is 0 Å². The molecule has 1 heteroatoms. The fourth-order valence-electron chi connectivity index (χ4n) is 2.14. The molecule has 0 bridgehead atoms. The van der Waals surface area contributed by atoms with Gasteiger partial charge in [-0.1, -0.05) is 42.5 Å². The summed E-state index contributed by atoms with van der Waals surface area (Å²) in [6.07, 6.45) is 9.28. The van der Waals surface area contributed by atoms with E-state index < -0.39 is 0 Å². The Morgan fingerprint density at radius 3 is 2.67 bits per heavy atom. The summed E-state index contributed by atoms with van der Waals surface area (Å²) in [4.78, 5) is 0. The highest BCUT2D eigenvalue weighted by Crippen LogP contribution is 2.30. The van der Waals surface area contributed by atoms with Crippen molar-refractivity contribution in [2.45, 2.75) is 31.1 Å². The first-order valence-corrected chi connectivity index (χ1v) is 6.13. The van der Waals surface area contributed by atoms with E-state index in [0.29, 0.717) is 5.38 Å². The van der Waals surface area contributed by atoms with Crippen molar-refractivity contribution in [1.29, 1.82) is 0 Å². The van der Waals surface area contributed by atoms with Crippen LogP contribution >= 0.6 is 11.6 Å². The topological polar surface area (TPSA) is 0 Å². The summed E-state index contributed by atoms with van der Waals surface area (Å²) in [7, 11) is 0. The third-order valence-corrected chi connectivity index (χ3v) is 3.41. The molecule has 1 aromatic rings. The molecule has 0 heterocycles. The molecule has 0 radical (unpaired) electrons. The first-order chi connectivity index (χ1) is 7.34. The molecule has 0 amide bonds. The molecule has 0 nitrogen and oxygen atoms in total. The second-order valence-electron chi connectivity index (χ2n) is 4.29. The lowest BCUT2D eigenvalue weighted by Gasteiger charge is -2.01. The normalized spacial score (nSPS) is 26.2. The Bertz CT molecular complexity index is 315.